The Morgan fingerprint density at radius 2 is 2.22 bits per heavy atom. The van der Waals surface area contributed by atoms with Crippen molar-refractivity contribution in [3.05, 3.63) is 28.8 Å². The molecule has 1 aromatic rings. The number of anilines is 1. The number of unbranched alkanes of at least 4 members (excludes halogenated alkanes) is 1. The third kappa shape index (κ3) is 2.96. The normalized spacial score (nSPS) is 14.6. The Balaban J connectivity index is 2.32. The zero-order valence-electron chi connectivity index (χ0n) is 10.5. The van der Waals surface area contributed by atoms with Gasteiger partial charge >= 0.3 is 5.97 Å². The number of aromatic carboxylic acids is 1. The van der Waals surface area contributed by atoms with E-state index >= 15 is 0 Å². The summed E-state index contributed by atoms with van der Waals surface area (Å²) in [4.78, 5) is 13.5. The largest absolute Gasteiger partial charge is 0.478 e. The fraction of sp³-hybridized carbons (Fsp3) is 0.500. The highest BCUT2D eigenvalue weighted by molar-refractivity contribution is 6.31. The Hall–Kier alpha value is -1.22. The molecule has 1 aliphatic carbocycles. The molecule has 0 radical (unpaired) electrons. The van der Waals surface area contributed by atoms with Crippen LogP contribution in [-0.4, -0.2) is 23.7 Å². The standard InChI is InChI=1S/C14H18ClNO2/c1-2-3-8-16(11-5-6-11)13-9-10(15)4-7-12(13)14(17)18/h4,7,9,11H,2-3,5-6,8H2,1H3,(H,17,18). The van der Waals surface area contributed by atoms with E-state index in [1.165, 1.54) is 0 Å². The first-order chi connectivity index (χ1) is 8.63. The van der Waals surface area contributed by atoms with E-state index in [1.54, 1.807) is 18.2 Å². The van der Waals surface area contributed by atoms with Gasteiger partial charge in [0.05, 0.1) is 11.3 Å². The summed E-state index contributed by atoms with van der Waals surface area (Å²) < 4.78 is 0. The van der Waals surface area contributed by atoms with E-state index in [1.807, 2.05) is 0 Å². The maximum absolute atomic E-state index is 11.3. The minimum Gasteiger partial charge on any atom is -0.478 e. The summed E-state index contributed by atoms with van der Waals surface area (Å²) in [5, 5.41) is 9.86. The molecule has 0 amide bonds. The Morgan fingerprint density at radius 1 is 1.50 bits per heavy atom. The molecule has 1 aliphatic rings. The van der Waals surface area contributed by atoms with E-state index in [9.17, 15) is 9.90 Å². The lowest BCUT2D eigenvalue weighted by atomic mass is 10.1. The van der Waals surface area contributed by atoms with E-state index in [2.05, 4.69) is 11.8 Å². The number of nitrogens with zero attached hydrogens (tertiary/aromatic N) is 1. The zero-order chi connectivity index (χ0) is 13.1. The number of hydrogen-bond acceptors (Lipinski definition) is 2. The molecule has 18 heavy (non-hydrogen) atoms. The summed E-state index contributed by atoms with van der Waals surface area (Å²) in [7, 11) is 0. The molecule has 1 aromatic carbocycles. The molecular formula is C14H18ClNO2. The highest BCUT2D eigenvalue weighted by Crippen LogP contribution is 2.35. The van der Waals surface area contributed by atoms with Gasteiger partial charge in [-0.1, -0.05) is 24.9 Å². The molecule has 3 nitrogen and oxygen atoms in total. The van der Waals surface area contributed by atoms with Gasteiger partial charge < -0.3 is 10.0 Å². The van der Waals surface area contributed by atoms with E-state index in [0.717, 1.165) is 37.9 Å². The molecular weight excluding hydrogens is 250 g/mol. The average molecular weight is 268 g/mol. The van der Waals surface area contributed by atoms with Crippen molar-refractivity contribution >= 4 is 23.3 Å². The van der Waals surface area contributed by atoms with Gasteiger partial charge in [-0.25, -0.2) is 4.79 Å². The molecule has 0 saturated heterocycles. The maximum Gasteiger partial charge on any atom is 0.337 e. The lowest BCUT2D eigenvalue weighted by Gasteiger charge is -2.26. The van der Waals surface area contributed by atoms with Crippen molar-refractivity contribution < 1.29 is 9.90 Å². The van der Waals surface area contributed by atoms with Gasteiger partial charge in [0.2, 0.25) is 0 Å². The highest BCUT2D eigenvalue weighted by atomic mass is 35.5. The summed E-state index contributed by atoms with van der Waals surface area (Å²) >= 11 is 6.01. The van der Waals surface area contributed by atoms with Crippen LogP contribution in [0.3, 0.4) is 0 Å². The Kier molecular flexibility index (Phi) is 4.12. The molecule has 0 unspecified atom stereocenters. The predicted octanol–water partition coefficient (Wildman–Crippen LogP) is 3.81. The SMILES string of the molecule is CCCCN(c1cc(Cl)ccc1C(=O)O)C1CC1. The Labute approximate surface area is 112 Å². The monoisotopic (exact) mass is 267 g/mol. The zero-order valence-corrected chi connectivity index (χ0v) is 11.3. The van der Waals surface area contributed by atoms with Crippen LogP contribution in [0.4, 0.5) is 5.69 Å². The average Bonchev–Trinajstić information content (AvgIpc) is 3.13. The van der Waals surface area contributed by atoms with Gasteiger partial charge in [-0.15, -0.1) is 0 Å². The van der Waals surface area contributed by atoms with E-state index in [-0.39, 0.29) is 0 Å². The molecule has 0 heterocycles. The van der Waals surface area contributed by atoms with Gasteiger partial charge in [0.15, 0.2) is 0 Å². The molecule has 4 heteroatoms. The van der Waals surface area contributed by atoms with Crippen LogP contribution in [0.1, 0.15) is 43.0 Å². The van der Waals surface area contributed by atoms with Gasteiger partial charge in [0, 0.05) is 17.6 Å². The number of benzene rings is 1. The summed E-state index contributed by atoms with van der Waals surface area (Å²) in [6.45, 7) is 3.04. The summed E-state index contributed by atoms with van der Waals surface area (Å²) in [6.07, 6.45) is 4.47. The van der Waals surface area contributed by atoms with Crippen LogP contribution in [0.2, 0.25) is 5.02 Å². The highest BCUT2D eigenvalue weighted by Gasteiger charge is 2.31. The number of carboxylic acid groups (broad SMARTS) is 1. The molecule has 0 atom stereocenters. The van der Waals surface area contributed by atoms with Gasteiger partial charge in [0.25, 0.3) is 0 Å². The van der Waals surface area contributed by atoms with Crippen LogP contribution in [0, 0.1) is 0 Å². The molecule has 2 rings (SSSR count). The minimum absolute atomic E-state index is 0.349. The van der Waals surface area contributed by atoms with Crippen molar-refractivity contribution in [3.8, 4) is 0 Å². The fourth-order valence-electron chi connectivity index (χ4n) is 2.14. The fourth-order valence-corrected chi connectivity index (χ4v) is 2.30. The summed E-state index contributed by atoms with van der Waals surface area (Å²) in [6, 6.07) is 5.51. The number of hydrogen-bond donors (Lipinski definition) is 1. The smallest absolute Gasteiger partial charge is 0.337 e. The van der Waals surface area contributed by atoms with E-state index < -0.39 is 5.97 Å². The Morgan fingerprint density at radius 3 is 2.78 bits per heavy atom. The molecule has 0 aromatic heterocycles. The van der Waals surface area contributed by atoms with Crippen molar-refractivity contribution in [1.29, 1.82) is 0 Å². The van der Waals surface area contributed by atoms with E-state index in [0.29, 0.717) is 16.6 Å². The number of halogens is 1. The lowest BCUT2D eigenvalue weighted by molar-refractivity contribution is 0.0697. The van der Waals surface area contributed by atoms with Crippen molar-refractivity contribution in [2.24, 2.45) is 0 Å². The second-order valence-corrected chi connectivity index (χ2v) is 5.18. The van der Waals surface area contributed by atoms with E-state index in [4.69, 9.17) is 11.6 Å². The van der Waals surface area contributed by atoms with Crippen LogP contribution in [0.25, 0.3) is 0 Å². The van der Waals surface area contributed by atoms with Crippen molar-refractivity contribution in [2.45, 2.75) is 38.6 Å². The maximum atomic E-state index is 11.3. The van der Waals surface area contributed by atoms with Crippen molar-refractivity contribution in [1.82, 2.24) is 0 Å². The minimum atomic E-state index is -0.885. The molecule has 0 aliphatic heterocycles. The van der Waals surface area contributed by atoms with Crippen LogP contribution in [0.15, 0.2) is 18.2 Å². The number of rotatable bonds is 6. The number of carboxylic acids is 1. The molecule has 0 spiro atoms. The molecule has 1 saturated carbocycles. The van der Waals surface area contributed by atoms with Gasteiger partial charge in [-0.2, -0.15) is 0 Å². The van der Waals surface area contributed by atoms with Crippen molar-refractivity contribution in [2.75, 3.05) is 11.4 Å². The van der Waals surface area contributed by atoms with Crippen LogP contribution in [-0.2, 0) is 0 Å². The summed E-state index contributed by atoms with van der Waals surface area (Å²) in [5.74, 6) is -0.885. The Bertz CT molecular complexity index is 443. The first-order valence-corrected chi connectivity index (χ1v) is 6.80. The van der Waals surface area contributed by atoms with Crippen LogP contribution >= 0.6 is 11.6 Å². The van der Waals surface area contributed by atoms with Gasteiger partial charge in [0.1, 0.15) is 0 Å². The first kappa shape index (κ1) is 13.2. The third-order valence-electron chi connectivity index (χ3n) is 3.24. The van der Waals surface area contributed by atoms with Crippen molar-refractivity contribution in [3.63, 3.8) is 0 Å². The lowest BCUT2D eigenvalue weighted by Crippen LogP contribution is -2.28. The molecule has 1 fully saturated rings. The number of carbonyl (C=O) groups is 1. The van der Waals surface area contributed by atoms with Gasteiger partial charge in [-0.05, 0) is 37.5 Å². The topological polar surface area (TPSA) is 40.5 Å². The molecule has 98 valence electrons. The van der Waals surface area contributed by atoms with Crippen LogP contribution < -0.4 is 4.90 Å². The predicted molar refractivity (Wildman–Crippen MR) is 73.7 cm³/mol. The second kappa shape index (κ2) is 5.61. The quantitative estimate of drug-likeness (QED) is 0.852. The third-order valence-corrected chi connectivity index (χ3v) is 3.47. The second-order valence-electron chi connectivity index (χ2n) is 4.74. The first-order valence-electron chi connectivity index (χ1n) is 6.43. The molecule has 0 bridgehead atoms. The molecule has 1 N–H and O–H groups in total. The summed E-state index contributed by atoms with van der Waals surface area (Å²) in [5.41, 5.74) is 1.12. The van der Waals surface area contributed by atoms with Gasteiger partial charge in [-0.3, -0.25) is 0 Å². The van der Waals surface area contributed by atoms with Crippen LogP contribution in [0.5, 0.6) is 0 Å².